The topological polar surface area (TPSA) is 83.1 Å². The van der Waals surface area contributed by atoms with Crippen molar-refractivity contribution in [3.63, 3.8) is 0 Å². The normalized spacial score (nSPS) is 19.3. The van der Waals surface area contributed by atoms with Gasteiger partial charge in [-0.25, -0.2) is 13.4 Å². The molecule has 0 saturated carbocycles. The number of anilines is 1. The van der Waals surface area contributed by atoms with Crippen LogP contribution in [0.5, 0.6) is 5.88 Å². The number of carbonyl (C=O) groups excluding carboxylic acids is 1. The second kappa shape index (κ2) is 9.89. The highest BCUT2D eigenvalue weighted by molar-refractivity contribution is 7.92. The summed E-state index contributed by atoms with van der Waals surface area (Å²) in [5.74, 6) is 0.370. The SMILES string of the molecule is C=CS(=O)(=O)N1CCC2(CC1)CN(Cc1ccc(-c3nc4c(cc3-c3ccccc3)N(C)C(=O)CO4)cc1)C2. The molecule has 0 unspecified atom stereocenters. The van der Waals surface area contributed by atoms with Crippen LogP contribution in [0.2, 0.25) is 0 Å². The predicted molar refractivity (Wildman–Crippen MR) is 152 cm³/mol. The number of amides is 1. The molecule has 0 N–H and O–H groups in total. The zero-order valence-corrected chi connectivity index (χ0v) is 22.9. The van der Waals surface area contributed by atoms with E-state index in [-0.39, 0.29) is 17.9 Å². The van der Waals surface area contributed by atoms with Crippen LogP contribution in [0.4, 0.5) is 5.69 Å². The highest BCUT2D eigenvalue weighted by atomic mass is 32.2. The van der Waals surface area contributed by atoms with Crippen LogP contribution in [-0.2, 0) is 21.4 Å². The molecule has 3 aliphatic heterocycles. The standard InChI is InChI=1S/C30H32N4O4S/c1-3-39(36,37)34-15-13-30(14-16-34)20-33(21-30)18-22-9-11-24(12-10-22)28-25(23-7-5-4-6-8-23)17-26-29(31-28)38-19-27(35)32(26)2/h3-12,17H,1,13-16,18-21H2,2H3. The largest absolute Gasteiger partial charge is 0.466 e. The summed E-state index contributed by atoms with van der Waals surface area (Å²) in [4.78, 5) is 21.1. The summed E-state index contributed by atoms with van der Waals surface area (Å²) < 4.78 is 31.4. The monoisotopic (exact) mass is 544 g/mol. The molecule has 8 nitrogen and oxygen atoms in total. The van der Waals surface area contributed by atoms with Crippen LogP contribution in [0.1, 0.15) is 18.4 Å². The molecule has 4 heterocycles. The smallest absolute Gasteiger partial charge is 0.264 e. The fraction of sp³-hybridized carbons (Fsp3) is 0.333. The first-order valence-electron chi connectivity index (χ1n) is 13.2. The lowest BCUT2D eigenvalue weighted by Crippen LogP contribution is -2.60. The van der Waals surface area contributed by atoms with Gasteiger partial charge < -0.3 is 9.64 Å². The molecule has 3 aliphatic rings. The third-order valence-electron chi connectivity index (χ3n) is 8.23. The van der Waals surface area contributed by atoms with Crippen LogP contribution >= 0.6 is 0 Å². The van der Waals surface area contributed by atoms with E-state index in [0.29, 0.717) is 24.7 Å². The van der Waals surface area contributed by atoms with Crippen molar-refractivity contribution in [3.8, 4) is 28.3 Å². The van der Waals surface area contributed by atoms with Crippen molar-refractivity contribution in [2.45, 2.75) is 19.4 Å². The first-order valence-corrected chi connectivity index (χ1v) is 14.7. The summed E-state index contributed by atoms with van der Waals surface area (Å²) >= 11 is 0. The van der Waals surface area contributed by atoms with E-state index in [1.807, 2.05) is 36.4 Å². The van der Waals surface area contributed by atoms with Crippen molar-refractivity contribution in [2.75, 3.05) is 44.7 Å². The molecule has 1 aromatic heterocycles. The first-order chi connectivity index (χ1) is 18.8. The molecule has 1 spiro atoms. The van der Waals surface area contributed by atoms with Crippen molar-refractivity contribution in [2.24, 2.45) is 5.41 Å². The number of carbonyl (C=O) groups is 1. The van der Waals surface area contributed by atoms with Crippen molar-refractivity contribution in [3.05, 3.63) is 78.2 Å². The first kappa shape index (κ1) is 25.7. The lowest BCUT2D eigenvalue weighted by Gasteiger charge is -2.53. The maximum atomic E-state index is 12.2. The summed E-state index contributed by atoms with van der Waals surface area (Å²) in [5.41, 5.74) is 5.89. The molecule has 0 atom stereocenters. The second-order valence-electron chi connectivity index (χ2n) is 10.8. The van der Waals surface area contributed by atoms with Gasteiger partial charge in [0.15, 0.2) is 6.61 Å². The van der Waals surface area contributed by atoms with Gasteiger partial charge in [0.05, 0.1) is 5.69 Å². The van der Waals surface area contributed by atoms with Crippen molar-refractivity contribution in [1.82, 2.24) is 14.2 Å². The Hall–Kier alpha value is -3.53. The Kier molecular flexibility index (Phi) is 6.53. The van der Waals surface area contributed by atoms with Gasteiger partial charge in [-0.3, -0.25) is 9.69 Å². The Morgan fingerprint density at radius 3 is 2.38 bits per heavy atom. The summed E-state index contributed by atoms with van der Waals surface area (Å²) in [6.45, 7) is 7.41. The lowest BCUT2D eigenvalue weighted by atomic mass is 9.72. The van der Waals surface area contributed by atoms with Crippen LogP contribution in [0.25, 0.3) is 22.4 Å². The van der Waals surface area contributed by atoms with E-state index in [9.17, 15) is 13.2 Å². The lowest BCUT2D eigenvalue weighted by molar-refractivity contribution is -0.121. The van der Waals surface area contributed by atoms with Crippen LogP contribution in [-0.4, -0.2) is 68.3 Å². The van der Waals surface area contributed by atoms with Gasteiger partial charge in [0.1, 0.15) is 5.69 Å². The predicted octanol–water partition coefficient (Wildman–Crippen LogP) is 4.14. The number of hydrogen-bond donors (Lipinski definition) is 0. The molecule has 0 radical (unpaired) electrons. The van der Waals surface area contributed by atoms with Gasteiger partial charge in [-0.05, 0) is 35.4 Å². The van der Waals surface area contributed by atoms with E-state index in [2.05, 4.69) is 35.7 Å². The number of pyridine rings is 1. The van der Waals surface area contributed by atoms with E-state index in [1.165, 1.54) is 5.56 Å². The average molecular weight is 545 g/mol. The number of aromatic nitrogens is 1. The fourth-order valence-electron chi connectivity index (χ4n) is 5.93. The number of nitrogens with zero attached hydrogens (tertiary/aromatic N) is 4. The Morgan fingerprint density at radius 2 is 1.72 bits per heavy atom. The van der Waals surface area contributed by atoms with Gasteiger partial charge in [-0.1, -0.05) is 61.2 Å². The number of piperidine rings is 1. The van der Waals surface area contributed by atoms with E-state index in [0.717, 1.165) is 60.3 Å². The molecular formula is C30H32N4O4S. The Bertz CT molecular complexity index is 1510. The van der Waals surface area contributed by atoms with Crippen molar-refractivity contribution >= 4 is 21.6 Å². The number of ether oxygens (including phenoxy) is 1. The minimum Gasteiger partial charge on any atom is -0.466 e. The molecule has 202 valence electrons. The Balaban J connectivity index is 1.18. The number of rotatable bonds is 6. The van der Waals surface area contributed by atoms with Gasteiger partial charge in [-0.2, -0.15) is 4.31 Å². The van der Waals surface area contributed by atoms with E-state index in [1.54, 1.807) is 16.3 Å². The number of likely N-dealkylation sites (tertiary alicyclic amines) is 1. The molecule has 0 aliphatic carbocycles. The summed E-state index contributed by atoms with van der Waals surface area (Å²) in [6, 6.07) is 20.5. The Morgan fingerprint density at radius 1 is 1.03 bits per heavy atom. The van der Waals surface area contributed by atoms with E-state index in [4.69, 9.17) is 9.72 Å². The molecular weight excluding hydrogens is 512 g/mol. The highest BCUT2D eigenvalue weighted by Crippen LogP contribution is 2.42. The zero-order chi connectivity index (χ0) is 27.2. The van der Waals surface area contributed by atoms with Crippen LogP contribution in [0.15, 0.2) is 72.7 Å². The third kappa shape index (κ3) is 4.86. The fourth-order valence-corrected chi connectivity index (χ4v) is 6.83. The average Bonchev–Trinajstić information content (AvgIpc) is 2.95. The van der Waals surface area contributed by atoms with Crippen LogP contribution < -0.4 is 9.64 Å². The molecule has 2 fully saturated rings. The Labute approximate surface area is 229 Å². The highest BCUT2D eigenvalue weighted by Gasteiger charge is 2.45. The number of likely N-dealkylation sites (N-methyl/N-ethyl adjacent to an activating group) is 1. The summed E-state index contributed by atoms with van der Waals surface area (Å²) in [6.07, 6.45) is 1.79. The van der Waals surface area contributed by atoms with Crippen molar-refractivity contribution in [1.29, 1.82) is 0 Å². The van der Waals surface area contributed by atoms with Gasteiger partial charge in [0, 0.05) is 56.3 Å². The zero-order valence-electron chi connectivity index (χ0n) is 22.0. The molecule has 3 aromatic rings. The minimum atomic E-state index is -3.32. The molecule has 2 aromatic carbocycles. The van der Waals surface area contributed by atoms with Gasteiger partial charge >= 0.3 is 0 Å². The minimum absolute atomic E-state index is 0.0149. The summed E-state index contributed by atoms with van der Waals surface area (Å²) in [5, 5.41) is 1.05. The number of sulfonamides is 1. The van der Waals surface area contributed by atoms with Crippen LogP contribution in [0, 0.1) is 5.41 Å². The maximum absolute atomic E-state index is 12.2. The van der Waals surface area contributed by atoms with Gasteiger partial charge in [0.25, 0.3) is 5.91 Å². The van der Waals surface area contributed by atoms with Gasteiger partial charge in [0.2, 0.25) is 15.9 Å². The second-order valence-corrected chi connectivity index (χ2v) is 12.6. The molecule has 39 heavy (non-hydrogen) atoms. The van der Waals surface area contributed by atoms with Gasteiger partial charge in [-0.15, -0.1) is 0 Å². The number of benzene rings is 2. The van der Waals surface area contributed by atoms with E-state index < -0.39 is 10.0 Å². The molecule has 0 bridgehead atoms. The third-order valence-corrected chi connectivity index (χ3v) is 9.73. The van der Waals surface area contributed by atoms with Crippen molar-refractivity contribution < 1.29 is 17.9 Å². The quantitative estimate of drug-likeness (QED) is 0.464. The summed E-state index contributed by atoms with van der Waals surface area (Å²) in [7, 11) is -1.57. The molecule has 9 heteroatoms. The number of fused-ring (bicyclic) bond motifs is 1. The van der Waals surface area contributed by atoms with Crippen LogP contribution in [0.3, 0.4) is 0 Å². The number of hydrogen-bond acceptors (Lipinski definition) is 6. The van der Waals surface area contributed by atoms with E-state index >= 15 is 0 Å². The molecule has 1 amide bonds. The maximum Gasteiger partial charge on any atom is 0.264 e. The molecule has 6 rings (SSSR count). The molecule has 2 saturated heterocycles.